The zero-order chi connectivity index (χ0) is 13.7. The molecule has 1 aromatic heterocycles. The summed E-state index contributed by atoms with van der Waals surface area (Å²) in [5.74, 6) is -0.106. The molecule has 2 N–H and O–H groups in total. The van der Waals surface area contributed by atoms with Gasteiger partial charge >= 0.3 is 0 Å². The number of rotatable bonds is 4. The van der Waals surface area contributed by atoms with Gasteiger partial charge in [-0.1, -0.05) is 12.1 Å². The molecule has 0 fully saturated rings. The van der Waals surface area contributed by atoms with Crippen molar-refractivity contribution in [2.45, 2.75) is 13.5 Å². The van der Waals surface area contributed by atoms with Gasteiger partial charge in [-0.05, 0) is 30.7 Å². The molecule has 2 rings (SSSR count). The van der Waals surface area contributed by atoms with Crippen LogP contribution in [0.4, 0.5) is 0 Å². The van der Waals surface area contributed by atoms with Gasteiger partial charge in [0.15, 0.2) is 0 Å². The van der Waals surface area contributed by atoms with Crippen LogP contribution in [-0.4, -0.2) is 27.0 Å². The molecule has 0 atom stereocenters. The number of carbonyl (C=O) groups is 1. The highest BCUT2D eigenvalue weighted by Crippen LogP contribution is 2.08. The largest absolute Gasteiger partial charge is 0.508 e. The highest BCUT2D eigenvalue weighted by molar-refractivity contribution is 5.82. The summed E-state index contributed by atoms with van der Waals surface area (Å²) in [5, 5.41) is 17.1. The second-order valence-corrected chi connectivity index (χ2v) is 4.02. The molecular formula is C13H14N4O2. The van der Waals surface area contributed by atoms with Crippen LogP contribution >= 0.6 is 0 Å². The highest BCUT2D eigenvalue weighted by Gasteiger charge is 2.03. The molecule has 2 aromatic rings. The number of nitrogens with one attached hydrogen (secondary N) is 1. The van der Waals surface area contributed by atoms with Crippen LogP contribution in [0.3, 0.4) is 0 Å². The lowest BCUT2D eigenvalue weighted by molar-refractivity contribution is -0.121. The van der Waals surface area contributed by atoms with Crippen molar-refractivity contribution >= 4 is 12.1 Å². The molecule has 0 aliphatic rings. The minimum atomic E-state index is -0.261. The van der Waals surface area contributed by atoms with E-state index in [1.165, 1.54) is 6.21 Å². The highest BCUT2D eigenvalue weighted by atomic mass is 16.3. The van der Waals surface area contributed by atoms with E-state index in [4.69, 9.17) is 0 Å². The van der Waals surface area contributed by atoms with Gasteiger partial charge in [-0.15, -0.1) is 0 Å². The Balaban J connectivity index is 1.88. The van der Waals surface area contributed by atoms with Crippen molar-refractivity contribution in [3.8, 4) is 5.75 Å². The normalized spacial score (nSPS) is 10.8. The van der Waals surface area contributed by atoms with Gasteiger partial charge in [0.2, 0.25) is 0 Å². The molecule has 0 aliphatic carbocycles. The van der Waals surface area contributed by atoms with Gasteiger partial charge < -0.3 is 5.11 Å². The van der Waals surface area contributed by atoms with E-state index < -0.39 is 0 Å². The molecule has 0 unspecified atom stereocenters. The lowest BCUT2D eigenvalue weighted by atomic mass is 10.2. The number of carbonyl (C=O) groups excluding carboxylic acids is 1. The molecule has 6 nitrogen and oxygen atoms in total. The Morgan fingerprint density at radius 1 is 1.53 bits per heavy atom. The van der Waals surface area contributed by atoms with Gasteiger partial charge in [-0.3, -0.25) is 9.48 Å². The smallest absolute Gasteiger partial charge is 0.261 e. The molecule has 0 spiro atoms. The summed E-state index contributed by atoms with van der Waals surface area (Å²) in [7, 11) is 0. The van der Waals surface area contributed by atoms with Crippen molar-refractivity contribution in [1.29, 1.82) is 0 Å². The molecule has 0 bridgehead atoms. The van der Waals surface area contributed by atoms with Crippen LogP contribution in [0, 0.1) is 6.92 Å². The summed E-state index contributed by atoms with van der Waals surface area (Å²) >= 11 is 0. The number of benzene rings is 1. The summed E-state index contributed by atoms with van der Waals surface area (Å²) < 4.78 is 1.58. The molecule has 0 saturated heterocycles. The van der Waals surface area contributed by atoms with Crippen LogP contribution in [0.2, 0.25) is 0 Å². The van der Waals surface area contributed by atoms with E-state index in [2.05, 4.69) is 15.6 Å². The van der Waals surface area contributed by atoms with E-state index in [0.29, 0.717) is 5.56 Å². The first-order valence-corrected chi connectivity index (χ1v) is 5.74. The molecule has 98 valence electrons. The third-order valence-electron chi connectivity index (χ3n) is 2.50. The van der Waals surface area contributed by atoms with Crippen LogP contribution in [0.15, 0.2) is 41.6 Å². The molecule has 0 aliphatic heterocycles. The molecule has 0 saturated carbocycles. The fraction of sp³-hybridized carbons (Fsp3) is 0.154. The van der Waals surface area contributed by atoms with E-state index >= 15 is 0 Å². The summed E-state index contributed by atoms with van der Waals surface area (Å²) in [6, 6.07) is 8.41. The topological polar surface area (TPSA) is 79.5 Å². The van der Waals surface area contributed by atoms with Crippen LogP contribution in [-0.2, 0) is 11.3 Å². The molecule has 1 heterocycles. The lowest BCUT2D eigenvalue weighted by Gasteiger charge is -2.02. The van der Waals surface area contributed by atoms with Crippen LogP contribution in [0.5, 0.6) is 5.75 Å². The molecule has 1 aromatic carbocycles. The maximum Gasteiger partial charge on any atom is 0.261 e. The Bertz CT molecular complexity index is 604. The Kier molecular flexibility index (Phi) is 3.92. The Morgan fingerprint density at radius 3 is 3.05 bits per heavy atom. The van der Waals surface area contributed by atoms with Crippen LogP contribution in [0.25, 0.3) is 0 Å². The first kappa shape index (κ1) is 12.8. The van der Waals surface area contributed by atoms with Crippen LogP contribution < -0.4 is 5.43 Å². The summed E-state index contributed by atoms with van der Waals surface area (Å²) in [5.41, 5.74) is 4.02. The zero-order valence-corrected chi connectivity index (χ0v) is 10.4. The van der Waals surface area contributed by atoms with Gasteiger partial charge in [0.1, 0.15) is 12.3 Å². The number of phenolic OH excluding ortho intramolecular Hbond substituents is 1. The van der Waals surface area contributed by atoms with Crippen molar-refractivity contribution in [2.24, 2.45) is 5.10 Å². The first-order valence-electron chi connectivity index (χ1n) is 5.74. The second kappa shape index (κ2) is 5.81. The van der Waals surface area contributed by atoms with Crippen molar-refractivity contribution in [3.05, 3.63) is 47.8 Å². The maximum atomic E-state index is 11.6. The molecule has 1 amide bonds. The van der Waals surface area contributed by atoms with Crippen molar-refractivity contribution in [2.75, 3.05) is 0 Å². The standard InChI is InChI=1S/C13H14N4O2/c1-10-5-6-15-17(10)9-13(19)16-14-8-11-3-2-4-12(18)7-11/h2-8,18H,9H2,1H3,(H,16,19). The predicted octanol–water partition coefficient (Wildman–Crippen LogP) is 1.05. The lowest BCUT2D eigenvalue weighted by Crippen LogP contribution is -2.24. The van der Waals surface area contributed by atoms with Crippen LogP contribution in [0.1, 0.15) is 11.3 Å². The summed E-state index contributed by atoms with van der Waals surface area (Å²) in [6.45, 7) is 1.99. The average molecular weight is 258 g/mol. The first-order chi connectivity index (χ1) is 9.15. The fourth-order valence-corrected chi connectivity index (χ4v) is 1.52. The average Bonchev–Trinajstić information content (AvgIpc) is 2.75. The number of aromatic hydroxyl groups is 1. The number of aromatic nitrogens is 2. The summed E-state index contributed by atoms with van der Waals surface area (Å²) in [4.78, 5) is 11.6. The third kappa shape index (κ3) is 3.67. The van der Waals surface area contributed by atoms with Gasteiger partial charge in [0.05, 0.1) is 6.21 Å². The van der Waals surface area contributed by atoms with Gasteiger partial charge in [-0.25, -0.2) is 5.43 Å². The van der Waals surface area contributed by atoms with E-state index in [0.717, 1.165) is 5.69 Å². The number of nitrogens with zero attached hydrogens (tertiary/aromatic N) is 3. The second-order valence-electron chi connectivity index (χ2n) is 4.02. The third-order valence-corrected chi connectivity index (χ3v) is 2.50. The minimum absolute atomic E-state index is 0.121. The number of hydrogen-bond donors (Lipinski definition) is 2. The van der Waals surface area contributed by atoms with E-state index in [9.17, 15) is 9.90 Å². The molecular weight excluding hydrogens is 244 g/mol. The van der Waals surface area contributed by atoms with Crippen molar-refractivity contribution in [1.82, 2.24) is 15.2 Å². The SMILES string of the molecule is Cc1ccnn1CC(=O)NN=Cc1cccc(O)c1. The van der Waals surface area contributed by atoms with Gasteiger partial charge in [0.25, 0.3) is 5.91 Å². The number of phenols is 1. The van der Waals surface area contributed by atoms with E-state index in [-0.39, 0.29) is 18.2 Å². The quantitative estimate of drug-likeness (QED) is 0.635. The van der Waals surface area contributed by atoms with E-state index in [1.807, 2.05) is 13.0 Å². The Labute approximate surface area is 110 Å². The van der Waals surface area contributed by atoms with Crippen molar-refractivity contribution in [3.63, 3.8) is 0 Å². The van der Waals surface area contributed by atoms with Crippen molar-refractivity contribution < 1.29 is 9.90 Å². The number of amides is 1. The number of aryl methyl sites for hydroxylation is 1. The van der Waals surface area contributed by atoms with E-state index in [1.54, 1.807) is 35.1 Å². The molecule has 19 heavy (non-hydrogen) atoms. The maximum absolute atomic E-state index is 11.6. The molecule has 6 heteroatoms. The minimum Gasteiger partial charge on any atom is -0.508 e. The number of hydrazone groups is 1. The fourth-order valence-electron chi connectivity index (χ4n) is 1.52. The Hall–Kier alpha value is -2.63. The predicted molar refractivity (Wildman–Crippen MR) is 70.8 cm³/mol. The van der Waals surface area contributed by atoms with Gasteiger partial charge in [-0.2, -0.15) is 10.2 Å². The molecule has 0 radical (unpaired) electrons. The number of hydrogen-bond acceptors (Lipinski definition) is 4. The monoisotopic (exact) mass is 258 g/mol. The Morgan fingerprint density at radius 2 is 2.37 bits per heavy atom. The summed E-state index contributed by atoms with van der Waals surface area (Å²) in [6.07, 6.45) is 3.10. The zero-order valence-electron chi connectivity index (χ0n) is 10.4. The van der Waals surface area contributed by atoms with Gasteiger partial charge in [0, 0.05) is 11.9 Å².